The fourth-order valence-corrected chi connectivity index (χ4v) is 1.54. The molecule has 3 heteroatoms. The predicted molar refractivity (Wildman–Crippen MR) is 73.2 cm³/mol. The molecule has 0 aromatic heterocycles. The summed E-state index contributed by atoms with van der Waals surface area (Å²) in [5.41, 5.74) is 1.02. The summed E-state index contributed by atoms with van der Waals surface area (Å²) in [7, 11) is 0. The second-order valence-electron chi connectivity index (χ2n) is 5.24. The quantitative estimate of drug-likeness (QED) is 0.396. The first-order chi connectivity index (χ1) is 8.27. The van der Waals surface area contributed by atoms with Crippen molar-refractivity contribution in [2.45, 2.75) is 60.5 Å². The van der Waals surface area contributed by atoms with Gasteiger partial charge >= 0.3 is 5.97 Å². The summed E-state index contributed by atoms with van der Waals surface area (Å²) < 4.78 is 5.25. The Morgan fingerprint density at radius 2 is 1.72 bits per heavy atom. The summed E-state index contributed by atoms with van der Waals surface area (Å²) in [6.45, 7) is 11.7. The first kappa shape index (κ1) is 16.9. The number of esters is 1. The van der Waals surface area contributed by atoms with Crippen LogP contribution in [0.15, 0.2) is 11.6 Å². The average Bonchev–Trinajstić information content (AvgIpc) is 2.26. The molecule has 0 bridgehead atoms. The molecule has 0 aromatic rings. The molecule has 0 saturated heterocycles. The highest BCUT2D eigenvalue weighted by atomic mass is 16.5. The number of allylic oxidation sites excluding steroid dienone is 1. The van der Waals surface area contributed by atoms with Crippen LogP contribution >= 0.6 is 0 Å². The molecule has 0 aliphatic rings. The van der Waals surface area contributed by atoms with Gasteiger partial charge in [-0.05, 0) is 31.8 Å². The van der Waals surface area contributed by atoms with Crippen LogP contribution in [0.3, 0.4) is 0 Å². The van der Waals surface area contributed by atoms with Crippen LogP contribution in [0.1, 0.15) is 54.4 Å². The van der Waals surface area contributed by atoms with Crippen molar-refractivity contribution in [1.29, 1.82) is 0 Å². The lowest BCUT2D eigenvalue weighted by Crippen LogP contribution is -2.21. The lowest BCUT2D eigenvalue weighted by atomic mass is 10.0. The molecule has 0 saturated carbocycles. The molecular formula is C15H26O3. The molecule has 0 N–H and O–H groups in total. The van der Waals surface area contributed by atoms with Gasteiger partial charge < -0.3 is 4.74 Å². The summed E-state index contributed by atoms with van der Waals surface area (Å²) >= 11 is 0. The van der Waals surface area contributed by atoms with E-state index in [0.29, 0.717) is 5.92 Å². The zero-order valence-electron chi connectivity index (χ0n) is 12.4. The van der Waals surface area contributed by atoms with E-state index in [0.717, 1.165) is 12.0 Å². The minimum absolute atomic E-state index is 0.0415. The van der Waals surface area contributed by atoms with Crippen LogP contribution in [0.5, 0.6) is 0 Å². The Morgan fingerprint density at radius 3 is 2.17 bits per heavy atom. The number of hydrogen-bond acceptors (Lipinski definition) is 3. The third-order valence-corrected chi connectivity index (χ3v) is 3.03. The monoisotopic (exact) mass is 254 g/mol. The Balaban J connectivity index is 4.29. The number of Topliss-reactive ketones (excluding diaryl/α,β-unsaturated/α-hetero) is 1. The maximum atomic E-state index is 11.6. The number of hydrogen-bond donors (Lipinski definition) is 0. The zero-order valence-corrected chi connectivity index (χ0v) is 12.4. The maximum Gasteiger partial charge on any atom is 0.313 e. The Hall–Kier alpha value is -1.12. The topological polar surface area (TPSA) is 43.4 Å². The summed E-state index contributed by atoms with van der Waals surface area (Å²) in [5, 5.41) is 0. The molecule has 0 spiro atoms. The van der Waals surface area contributed by atoms with E-state index in [1.165, 1.54) is 0 Å². The van der Waals surface area contributed by atoms with Crippen LogP contribution in [-0.2, 0) is 14.3 Å². The molecule has 0 fully saturated rings. The van der Waals surface area contributed by atoms with Gasteiger partial charge in [0.1, 0.15) is 18.3 Å². The fraction of sp³-hybridized carbons (Fsp3) is 0.733. The summed E-state index contributed by atoms with van der Waals surface area (Å²) in [4.78, 5) is 23.2. The van der Waals surface area contributed by atoms with Gasteiger partial charge in [-0.2, -0.15) is 0 Å². The molecule has 0 radical (unpaired) electrons. The molecule has 0 aliphatic heterocycles. The van der Waals surface area contributed by atoms with Crippen molar-refractivity contribution in [2.75, 3.05) is 0 Å². The van der Waals surface area contributed by atoms with E-state index in [-0.39, 0.29) is 24.2 Å². The van der Waals surface area contributed by atoms with E-state index in [2.05, 4.69) is 19.9 Å². The summed E-state index contributed by atoms with van der Waals surface area (Å²) in [5.74, 6) is -0.113. The Kier molecular flexibility index (Phi) is 7.56. The van der Waals surface area contributed by atoms with Gasteiger partial charge in [-0.15, -0.1) is 0 Å². The Bertz CT molecular complexity index is 316. The molecule has 3 nitrogen and oxygen atoms in total. The van der Waals surface area contributed by atoms with Crippen LogP contribution in [-0.4, -0.2) is 17.9 Å². The lowest BCUT2D eigenvalue weighted by molar-refractivity contribution is -0.149. The molecule has 0 aliphatic carbocycles. The van der Waals surface area contributed by atoms with Gasteiger partial charge in [0.05, 0.1) is 0 Å². The van der Waals surface area contributed by atoms with Gasteiger partial charge in [-0.25, -0.2) is 0 Å². The minimum Gasteiger partial charge on any atom is -0.458 e. The van der Waals surface area contributed by atoms with Gasteiger partial charge in [-0.3, -0.25) is 9.59 Å². The molecule has 0 rings (SSSR count). The van der Waals surface area contributed by atoms with Crippen LogP contribution in [0.25, 0.3) is 0 Å². The number of ketones is 1. The van der Waals surface area contributed by atoms with Crippen molar-refractivity contribution in [2.24, 2.45) is 11.8 Å². The van der Waals surface area contributed by atoms with Gasteiger partial charge in [0.2, 0.25) is 0 Å². The molecule has 18 heavy (non-hydrogen) atoms. The van der Waals surface area contributed by atoms with Crippen molar-refractivity contribution < 1.29 is 14.3 Å². The van der Waals surface area contributed by atoms with Gasteiger partial charge in [0.15, 0.2) is 0 Å². The number of rotatable bonds is 7. The third-order valence-electron chi connectivity index (χ3n) is 3.03. The van der Waals surface area contributed by atoms with E-state index < -0.39 is 5.97 Å². The highest BCUT2D eigenvalue weighted by molar-refractivity contribution is 5.96. The third kappa shape index (κ3) is 6.58. The van der Waals surface area contributed by atoms with Crippen molar-refractivity contribution in [3.8, 4) is 0 Å². The molecule has 2 unspecified atom stereocenters. The zero-order chi connectivity index (χ0) is 14.3. The summed E-state index contributed by atoms with van der Waals surface area (Å²) in [6.07, 6.45) is 2.45. The average molecular weight is 254 g/mol. The number of carbonyl (C=O) groups excluding carboxylic acids is 2. The highest BCUT2D eigenvalue weighted by Gasteiger charge is 2.18. The van der Waals surface area contributed by atoms with E-state index in [4.69, 9.17) is 4.74 Å². The second kappa shape index (κ2) is 8.06. The SMILES string of the molecule is CCC(C)C(=O)CC(=O)OC(C)C(C)=CC(C)C. The first-order valence-electron chi connectivity index (χ1n) is 6.68. The van der Waals surface area contributed by atoms with Gasteiger partial charge in [0, 0.05) is 5.92 Å². The fourth-order valence-electron chi connectivity index (χ4n) is 1.54. The minimum atomic E-state index is -0.427. The van der Waals surface area contributed by atoms with Crippen molar-refractivity contribution in [3.63, 3.8) is 0 Å². The first-order valence-corrected chi connectivity index (χ1v) is 6.68. The summed E-state index contributed by atoms with van der Waals surface area (Å²) in [6, 6.07) is 0. The predicted octanol–water partition coefficient (Wildman–Crippen LogP) is 3.53. The van der Waals surface area contributed by atoms with Crippen molar-refractivity contribution in [1.82, 2.24) is 0 Å². The van der Waals surface area contributed by atoms with E-state index in [9.17, 15) is 9.59 Å². The smallest absolute Gasteiger partial charge is 0.313 e. The largest absolute Gasteiger partial charge is 0.458 e. The molecule has 2 atom stereocenters. The van der Waals surface area contributed by atoms with E-state index >= 15 is 0 Å². The number of carbonyl (C=O) groups is 2. The molecule has 0 aromatic carbocycles. The van der Waals surface area contributed by atoms with Crippen LogP contribution in [0, 0.1) is 11.8 Å². The van der Waals surface area contributed by atoms with E-state index in [1.807, 2.05) is 27.7 Å². The van der Waals surface area contributed by atoms with Gasteiger partial charge in [0.25, 0.3) is 0 Å². The van der Waals surface area contributed by atoms with Crippen LogP contribution < -0.4 is 0 Å². The lowest BCUT2D eigenvalue weighted by Gasteiger charge is -2.15. The van der Waals surface area contributed by atoms with E-state index in [1.54, 1.807) is 0 Å². The Labute approximate surface area is 111 Å². The standard InChI is InChI=1S/C15H26O3/c1-7-11(4)14(16)9-15(17)18-13(6)12(5)8-10(2)3/h8,10-11,13H,7,9H2,1-6H3. The second-order valence-corrected chi connectivity index (χ2v) is 5.24. The van der Waals surface area contributed by atoms with Gasteiger partial charge in [-0.1, -0.05) is 33.8 Å². The van der Waals surface area contributed by atoms with Crippen molar-refractivity contribution >= 4 is 11.8 Å². The molecule has 0 amide bonds. The highest BCUT2D eigenvalue weighted by Crippen LogP contribution is 2.12. The molecule has 0 heterocycles. The number of ether oxygens (including phenoxy) is 1. The normalized spacial score (nSPS) is 15.4. The van der Waals surface area contributed by atoms with Crippen LogP contribution in [0.4, 0.5) is 0 Å². The van der Waals surface area contributed by atoms with Crippen LogP contribution in [0.2, 0.25) is 0 Å². The maximum absolute atomic E-state index is 11.6. The van der Waals surface area contributed by atoms with Crippen molar-refractivity contribution in [3.05, 3.63) is 11.6 Å². The Morgan fingerprint density at radius 1 is 1.17 bits per heavy atom. The molecular weight excluding hydrogens is 228 g/mol. The molecule has 104 valence electrons.